The molecule has 0 bridgehead atoms. The maximum absolute atomic E-state index is 14.5. The number of anilines is 1. The number of hydrogen-bond donors (Lipinski definition) is 2. The van der Waals surface area contributed by atoms with Crippen molar-refractivity contribution >= 4 is 28.5 Å². The quantitative estimate of drug-likeness (QED) is 0.198. The molecule has 11 heteroatoms. The number of alkyl halides is 3. The molecule has 0 unspecified atom stereocenters. The molecule has 1 amide bonds. The number of ether oxygens (including phenoxy) is 1. The van der Waals surface area contributed by atoms with Crippen LogP contribution >= 0.6 is 0 Å². The Bertz CT molecular complexity index is 1690. The molecule has 0 saturated carbocycles. The van der Waals surface area contributed by atoms with E-state index in [1.165, 1.54) is 43.9 Å². The van der Waals surface area contributed by atoms with Crippen LogP contribution in [-0.4, -0.2) is 33.5 Å². The number of esters is 1. The highest BCUT2D eigenvalue weighted by Gasteiger charge is 2.29. The van der Waals surface area contributed by atoms with E-state index >= 15 is 0 Å². The van der Waals surface area contributed by atoms with Gasteiger partial charge >= 0.3 is 12.1 Å². The summed E-state index contributed by atoms with van der Waals surface area (Å²) in [5.74, 6) is -1.97. The molecular weight excluding hydrogens is 516 g/mol. The number of hydrogen-bond acceptors (Lipinski definition) is 4. The SMILES string of the molecule is COC(=O)c1ccc(-c2ccc3[nH]cc(NC(=O)c4cn(Cc5ccc(C(F)(F)F)cc5)cn4)c3c2)cc1F. The van der Waals surface area contributed by atoms with E-state index in [2.05, 4.69) is 20.0 Å². The normalized spacial score (nSPS) is 11.5. The summed E-state index contributed by atoms with van der Waals surface area (Å²) in [4.78, 5) is 31.7. The van der Waals surface area contributed by atoms with Gasteiger partial charge in [0.05, 0.1) is 30.3 Å². The number of nitrogens with zero attached hydrogens (tertiary/aromatic N) is 2. The number of nitrogens with one attached hydrogen (secondary N) is 2. The maximum Gasteiger partial charge on any atom is 0.416 e. The summed E-state index contributed by atoms with van der Waals surface area (Å²) in [6.45, 7) is 0.236. The second-order valence-corrected chi connectivity index (χ2v) is 8.73. The summed E-state index contributed by atoms with van der Waals surface area (Å²) in [6, 6.07) is 14.3. The predicted molar refractivity (Wildman–Crippen MR) is 136 cm³/mol. The minimum atomic E-state index is -4.41. The first-order chi connectivity index (χ1) is 18.6. The maximum atomic E-state index is 14.5. The Kier molecular flexibility index (Phi) is 6.65. The molecular formula is C28H20F4N4O3. The number of rotatable bonds is 6. The third-order valence-electron chi connectivity index (χ3n) is 6.15. The van der Waals surface area contributed by atoms with Crippen molar-refractivity contribution in [3.63, 3.8) is 0 Å². The summed E-state index contributed by atoms with van der Waals surface area (Å²) in [7, 11) is 1.18. The molecule has 0 spiro atoms. The van der Waals surface area contributed by atoms with Crippen LogP contribution in [0.5, 0.6) is 0 Å². The fourth-order valence-corrected chi connectivity index (χ4v) is 4.13. The molecule has 0 aliphatic heterocycles. The van der Waals surface area contributed by atoms with Crippen LogP contribution in [0.25, 0.3) is 22.0 Å². The molecule has 0 aliphatic carbocycles. The zero-order valence-electron chi connectivity index (χ0n) is 20.3. The fraction of sp³-hybridized carbons (Fsp3) is 0.107. The zero-order chi connectivity index (χ0) is 27.7. The zero-order valence-corrected chi connectivity index (χ0v) is 20.3. The standard InChI is InChI=1S/C28H20F4N4O3/c1-39-27(38)20-8-4-18(11-22(20)29)17-5-9-23-21(10-17)24(12-33-23)35-26(37)25-14-36(15-34-25)13-16-2-6-19(7-3-16)28(30,31)32/h2-12,14-15,33H,13H2,1H3,(H,35,37). The molecule has 0 atom stereocenters. The van der Waals surface area contributed by atoms with E-state index in [1.807, 2.05) is 0 Å². The van der Waals surface area contributed by atoms with Crippen LogP contribution in [0.3, 0.4) is 0 Å². The highest BCUT2D eigenvalue weighted by Crippen LogP contribution is 2.31. The van der Waals surface area contributed by atoms with E-state index in [-0.39, 0.29) is 17.8 Å². The number of halogens is 4. The lowest BCUT2D eigenvalue weighted by molar-refractivity contribution is -0.137. The van der Waals surface area contributed by atoms with Crippen molar-refractivity contribution in [1.29, 1.82) is 0 Å². The lowest BCUT2D eigenvalue weighted by Gasteiger charge is -2.08. The lowest BCUT2D eigenvalue weighted by Crippen LogP contribution is -2.12. The number of imidazole rings is 1. The molecule has 0 saturated heterocycles. The van der Waals surface area contributed by atoms with E-state index in [0.29, 0.717) is 27.8 Å². The van der Waals surface area contributed by atoms with Crippen molar-refractivity contribution in [3.05, 3.63) is 108 Å². The number of amides is 1. The largest absolute Gasteiger partial charge is 0.465 e. The molecule has 0 aliphatic rings. The van der Waals surface area contributed by atoms with Crippen LogP contribution in [-0.2, 0) is 17.5 Å². The van der Waals surface area contributed by atoms with E-state index in [4.69, 9.17) is 0 Å². The molecule has 198 valence electrons. The molecule has 5 aromatic rings. The molecule has 0 fully saturated rings. The Morgan fingerprint density at radius 1 is 1.03 bits per heavy atom. The lowest BCUT2D eigenvalue weighted by atomic mass is 10.0. The van der Waals surface area contributed by atoms with Gasteiger partial charge in [-0.05, 0) is 53.1 Å². The Hall–Kier alpha value is -4.93. The van der Waals surface area contributed by atoms with Crippen molar-refractivity contribution in [2.75, 3.05) is 12.4 Å². The van der Waals surface area contributed by atoms with Crippen molar-refractivity contribution in [1.82, 2.24) is 14.5 Å². The van der Waals surface area contributed by atoms with Crippen LogP contribution in [0, 0.1) is 5.82 Å². The Morgan fingerprint density at radius 2 is 1.74 bits per heavy atom. The van der Waals surface area contributed by atoms with Crippen LogP contribution in [0.2, 0.25) is 0 Å². The van der Waals surface area contributed by atoms with Crippen LogP contribution in [0.15, 0.2) is 79.4 Å². The molecule has 5 rings (SSSR count). The van der Waals surface area contributed by atoms with Crippen LogP contribution in [0.4, 0.5) is 23.2 Å². The summed E-state index contributed by atoms with van der Waals surface area (Å²) in [5.41, 5.74) is 2.22. The minimum Gasteiger partial charge on any atom is -0.465 e. The van der Waals surface area contributed by atoms with Crippen LogP contribution in [0.1, 0.15) is 32.0 Å². The summed E-state index contributed by atoms with van der Waals surface area (Å²) < 4.78 is 59.0. The predicted octanol–water partition coefficient (Wildman–Crippen LogP) is 6.28. The number of carbonyl (C=O) groups is 2. The Morgan fingerprint density at radius 3 is 2.44 bits per heavy atom. The van der Waals surface area contributed by atoms with E-state index in [0.717, 1.165) is 17.6 Å². The number of methoxy groups -OCH3 is 1. The molecule has 2 N–H and O–H groups in total. The van der Waals surface area contributed by atoms with Gasteiger partial charge in [0.15, 0.2) is 0 Å². The molecule has 2 aromatic heterocycles. The molecule has 3 aromatic carbocycles. The highest BCUT2D eigenvalue weighted by molar-refractivity contribution is 6.08. The number of benzene rings is 3. The van der Waals surface area contributed by atoms with Gasteiger partial charge in [-0.25, -0.2) is 14.2 Å². The van der Waals surface area contributed by atoms with E-state index in [9.17, 15) is 27.2 Å². The third-order valence-corrected chi connectivity index (χ3v) is 6.15. The second kappa shape index (κ2) is 10.1. The third kappa shape index (κ3) is 5.37. The topological polar surface area (TPSA) is 89.0 Å². The number of fused-ring (bicyclic) bond motifs is 1. The monoisotopic (exact) mass is 536 g/mol. The Labute approximate surface area is 219 Å². The van der Waals surface area contributed by atoms with Gasteiger partial charge in [-0.15, -0.1) is 0 Å². The Balaban J connectivity index is 1.32. The molecule has 0 radical (unpaired) electrons. The number of carbonyl (C=O) groups excluding carboxylic acids is 2. The first kappa shape index (κ1) is 25.7. The van der Waals surface area contributed by atoms with Crippen molar-refractivity contribution < 1.29 is 31.9 Å². The van der Waals surface area contributed by atoms with Gasteiger partial charge in [-0.1, -0.05) is 24.3 Å². The average Bonchev–Trinajstić information content (AvgIpc) is 3.55. The van der Waals surface area contributed by atoms with Gasteiger partial charge in [0.1, 0.15) is 11.5 Å². The number of H-pyrrole nitrogens is 1. The highest BCUT2D eigenvalue weighted by atomic mass is 19.4. The van der Waals surface area contributed by atoms with Crippen molar-refractivity contribution in [2.24, 2.45) is 0 Å². The van der Waals surface area contributed by atoms with Crippen LogP contribution < -0.4 is 5.32 Å². The number of aromatic nitrogens is 3. The summed E-state index contributed by atoms with van der Waals surface area (Å²) in [5, 5.41) is 3.47. The van der Waals surface area contributed by atoms with Gasteiger partial charge < -0.3 is 19.6 Å². The van der Waals surface area contributed by atoms with Crippen molar-refractivity contribution in [2.45, 2.75) is 12.7 Å². The van der Waals surface area contributed by atoms with Gasteiger partial charge in [0.25, 0.3) is 5.91 Å². The van der Waals surface area contributed by atoms with Gasteiger partial charge in [0.2, 0.25) is 0 Å². The average molecular weight is 536 g/mol. The van der Waals surface area contributed by atoms with Gasteiger partial charge in [0, 0.05) is 29.8 Å². The molecule has 2 heterocycles. The van der Waals surface area contributed by atoms with E-state index < -0.39 is 29.4 Å². The summed E-state index contributed by atoms with van der Waals surface area (Å²) in [6.07, 6.45) is 0.130. The summed E-state index contributed by atoms with van der Waals surface area (Å²) >= 11 is 0. The first-order valence-corrected chi connectivity index (χ1v) is 11.6. The minimum absolute atomic E-state index is 0.118. The first-order valence-electron chi connectivity index (χ1n) is 11.6. The molecule has 7 nitrogen and oxygen atoms in total. The van der Waals surface area contributed by atoms with Gasteiger partial charge in [-0.3, -0.25) is 4.79 Å². The fourth-order valence-electron chi connectivity index (χ4n) is 4.13. The van der Waals surface area contributed by atoms with Gasteiger partial charge in [-0.2, -0.15) is 13.2 Å². The van der Waals surface area contributed by atoms with Crippen molar-refractivity contribution in [3.8, 4) is 11.1 Å². The smallest absolute Gasteiger partial charge is 0.416 e. The second-order valence-electron chi connectivity index (χ2n) is 8.73. The van der Waals surface area contributed by atoms with E-state index in [1.54, 1.807) is 35.0 Å². The number of aromatic amines is 1. The molecule has 39 heavy (non-hydrogen) atoms.